The van der Waals surface area contributed by atoms with Crippen molar-refractivity contribution in [2.24, 2.45) is 0 Å². The first-order chi connectivity index (χ1) is 16.5. The van der Waals surface area contributed by atoms with Gasteiger partial charge in [-0.2, -0.15) is 0 Å². The molecule has 1 amide bonds. The number of hydrogen-bond acceptors (Lipinski definition) is 8. The molecule has 1 aromatic carbocycles. The van der Waals surface area contributed by atoms with Crippen molar-refractivity contribution in [2.45, 2.75) is 18.9 Å². The molecule has 1 fully saturated rings. The summed E-state index contributed by atoms with van der Waals surface area (Å²) in [5, 5.41) is 9.19. The van der Waals surface area contributed by atoms with E-state index in [1.165, 1.54) is 4.90 Å². The number of rotatable bonds is 7. The quantitative estimate of drug-likeness (QED) is 0.573. The molecule has 34 heavy (non-hydrogen) atoms. The fourth-order valence-electron chi connectivity index (χ4n) is 4.45. The number of carbonyl (C=O) groups is 1. The van der Waals surface area contributed by atoms with Gasteiger partial charge in [0, 0.05) is 61.4 Å². The van der Waals surface area contributed by atoms with Gasteiger partial charge >= 0.3 is 0 Å². The van der Waals surface area contributed by atoms with Crippen LogP contribution >= 0.6 is 0 Å². The lowest BCUT2D eigenvalue weighted by molar-refractivity contribution is -0.141. The Morgan fingerprint density at radius 1 is 1.24 bits per heavy atom. The third kappa shape index (κ3) is 3.86. The number of hydrogen-bond donors (Lipinski definition) is 1. The first kappa shape index (κ1) is 22.2. The first-order valence-electron chi connectivity index (χ1n) is 11.4. The highest BCUT2D eigenvalue weighted by Gasteiger charge is 2.49. The highest BCUT2D eigenvalue weighted by Crippen LogP contribution is 2.50. The number of nitrogens with zero attached hydrogens (tertiary/aromatic N) is 5. The van der Waals surface area contributed by atoms with Gasteiger partial charge in [-0.05, 0) is 25.1 Å². The van der Waals surface area contributed by atoms with Gasteiger partial charge in [0.25, 0.3) is 5.91 Å². The Hall–Kier alpha value is -3.56. The van der Waals surface area contributed by atoms with Crippen LogP contribution in [0.4, 0.5) is 11.6 Å². The Kier molecular flexibility index (Phi) is 5.89. The van der Waals surface area contributed by atoms with Gasteiger partial charge in [-0.1, -0.05) is 6.07 Å². The number of ether oxygens (including phenoxy) is 2. The van der Waals surface area contributed by atoms with Crippen molar-refractivity contribution in [3.8, 4) is 17.0 Å². The van der Waals surface area contributed by atoms with E-state index >= 15 is 0 Å². The SMILES string of the molecule is CCOc1ccnc(-c2cnc(N3CC4(CCO4)c4ccc(C(=O)N(C)CCO)cc43)nc2)c1. The molecule has 4 heterocycles. The summed E-state index contributed by atoms with van der Waals surface area (Å²) < 4.78 is 11.6. The van der Waals surface area contributed by atoms with Gasteiger partial charge in [-0.25, -0.2) is 9.97 Å². The highest BCUT2D eigenvalue weighted by atomic mass is 16.5. The molecule has 1 saturated heterocycles. The lowest BCUT2D eigenvalue weighted by atomic mass is 9.88. The second kappa shape index (κ2) is 9.00. The van der Waals surface area contributed by atoms with Crippen LogP contribution in [0.3, 0.4) is 0 Å². The predicted molar refractivity (Wildman–Crippen MR) is 126 cm³/mol. The minimum Gasteiger partial charge on any atom is -0.494 e. The molecule has 176 valence electrons. The summed E-state index contributed by atoms with van der Waals surface area (Å²) in [4.78, 5) is 30.0. The molecule has 0 aliphatic carbocycles. The number of anilines is 2. The van der Waals surface area contributed by atoms with Gasteiger partial charge in [-0.3, -0.25) is 9.78 Å². The van der Waals surface area contributed by atoms with Crippen LogP contribution < -0.4 is 9.64 Å². The molecular formula is C25H27N5O4. The fraction of sp³-hybridized carbons (Fsp3) is 0.360. The maximum absolute atomic E-state index is 12.8. The van der Waals surface area contributed by atoms with Crippen LogP contribution in [0.5, 0.6) is 5.75 Å². The number of fused-ring (bicyclic) bond motifs is 2. The van der Waals surface area contributed by atoms with Crippen LogP contribution in [0.2, 0.25) is 0 Å². The smallest absolute Gasteiger partial charge is 0.253 e. The van der Waals surface area contributed by atoms with Crippen LogP contribution in [0.1, 0.15) is 29.3 Å². The summed E-state index contributed by atoms with van der Waals surface area (Å²) in [6, 6.07) is 9.34. The van der Waals surface area contributed by atoms with E-state index in [9.17, 15) is 9.90 Å². The molecule has 5 rings (SSSR count). The molecule has 9 heteroatoms. The van der Waals surface area contributed by atoms with Gasteiger partial charge in [0.2, 0.25) is 5.95 Å². The molecule has 3 aromatic rings. The number of aliphatic hydroxyl groups excluding tert-OH is 1. The summed E-state index contributed by atoms with van der Waals surface area (Å²) >= 11 is 0. The van der Waals surface area contributed by atoms with Gasteiger partial charge in [0.1, 0.15) is 11.4 Å². The number of benzene rings is 1. The van der Waals surface area contributed by atoms with Crippen molar-refractivity contribution < 1.29 is 19.4 Å². The molecule has 2 aromatic heterocycles. The molecule has 1 unspecified atom stereocenters. The number of amides is 1. The van der Waals surface area contributed by atoms with Gasteiger partial charge in [0.05, 0.1) is 37.7 Å². The summed E-state index contributed by atoms with van der Waals surface area (Å²) in [6.45, 7) is 4.00. The Labute approximate surface area is 198 Å². The number of carbonyl (C=O) groups excluding carboxylic acids is 1. The van der Waals surface area contributed by atoms with Gasteiger partial charge < -0.3 is 24.4 Å². The summed E-state index contributed by atoms with van der Waals surface area (Å²) in [7, 11) is 1.68. The topological polar surface area (TPSA) is 101 Å². The van der Waals surface area contributed by atoms with Gasteiger partial charge in [-0.15, -0.1) is 0 Å². The molecular weight excluding hydrogens is 434 g/mol. The van der Waals surface area contributed by atoms with Crippen LogP contribution in [-0.4, -0.2) is 70.8 Å². The molecule has 1 spiro atoms. The molecule has 2 aliphatic rings. The number of aliphatic hydroxyl groups is 1. The van der Waals surface area contributed by atoms with Crippen LogP contribution in [0.15, 0.2) is 48.9 Å². The van der Waals surface area contributed by atoms with E-state index in [4.69, 9.17) is 9.47 Å². The lowest BCUT2D eigenvalue weighted by Gasteiger charge is -2.39. The number of pyridine rings is 1. The lowest BCUT2D eigenvalue weighted by Crippen LogP contribution is -2.44. The molecule has 1 atom stereocenters. The van der Waals surface area contributed by atoms with Gasteiger partial charge in [0.15, 0.2) is 0 Å². The zero-order valence-electron chi connectivity index (χ0n) is 19.3. The maximum atomic E-state index is 12.8. The average molecular weight is 462 g/mol. The minimum atomic E-state index is -0.399. The van der Waals surface area contributed by atoms with Crippen molar-refractivity contribution in [3.05, 3.63) is 60.0 Å². The molecule has 2 aliphatic heterocycles. The average Bonchev–Trinajstić information content (AvgIpc) is 3.20. The van der Waals surface area contributed by atoms with E-state index in [2.05, 4.69) is 15.0 Å². The molecule has 9 nitrogen and oxygen atoms in total. The van der Waals surface area contributed by atoms with Crippen LogP contribution in [0, 0.1) is 0 Å². The monoisotopic (exact) mass is 461 g/mol. The third-order valence-corrected chi connectivity index (χ3v) is 6.32. The van der Waals surface area contributed by atoms with Crippen molar-refractivity contribution in [1.29, 1.82) is 0 Å². The largest absolute Gasteiger partial charge is 0.494 e. The third-order valence-electron chi connectivity index (χ3n) is 6.32. The van der Waals surface area contributed by atoms with Crippen molar-refractivity contribution in [2.75, 3.05) is 44.9 Å². The van der Waals surface area contributed by atoms with Crippen molar-refractivity contribution in [1.82, 2.24) is 19.9 Å². The predicted octanol–water partition coefficient (Wildman–Crippen LogP) is 2.77. The molecule has 0 radical (unpaired) electrons. The Balaban J connectivity index is 1.46. The second-order valence-corrected chi connectivity index (χ2v) is 8.44. The minimum absolute atomic E-state index is 0.0845. The standard InChI is InChI=1S/C25H27N5O4/c1-3-33-19-6-8-26-21(13-19)18-14-27-24(28-15-18)30-16-25(7-11-34-25)20-5-4-17(12-22(20)30)23(32)29(2)9-10-31/h4-6,8,12-15,31H,3,7,9-11,16H2,1-2H3. The van der Waals surface area contributed by atoms with E-state index in [1.54, 1.807) is 25.6 Å². The zero-order chi connectivity index (χ0) is 23.7. The zero-order valence-corrected chi connectivity index (χ0v) is 19.3. The van der Waals surface area contributed by atoms with Crippen molar-refractivity contribution in [3.63, 3.8) is 0 Å². The summed E-state index contributed by atoms with van der Waals surface area (Å²) in [5.74, 6) is 1.13. The number of aromatic nitrogens is 3. The van der Waals surface area contributed by atoms with Crippen molar-refractivity contribution >= 4 is 17.5 Å². The molecule has 0 saturated carbocycles. The maximum Gasteiger partial charge on any atom is 0.253 e. The number of likely N-dealkylation sites (N-methyl/N-ethyl adjacent to an activating group) is 1. The second-order valence-electron chi connectivity index (χ2n) is 8.44. The van der Waals surface area contributed by atoms with E-state index < -0.39 is 5.60 Å². The Bertz CT molecular complexity index is 1200. The van der Waals surface area contributed by atoms with E-state index in [0.717, 1.165) is 34.7 Å². The summed E-state index contributed by atoms with van der Waals surface area (Å²) in [6.07, 6.45) is 6.10. The Morgan fingerprint density at radius 3 is 2.71 bits per heavy atom. The molecule has 1 N–H and O–H groups in total. The van der Waals surface area contributed by atoms with E-state index in [0.29, 0.717) is 31.3 Å². The van der Waals surface area contributed by atoms with E-state index in [1.807, 2.05) is 42.2 Å². The van der Waals surface area contributed by atoms with E-state index in [-0.39, 0.29) is 19.1 Å². The summed E-state index contributed by atoms with van der Waals surface area (Å²) in [5.41, 5.74) is 3.58. The van der Waals surface area contributed by atoms with Crippen LogP contribution in [-0.2, 0) is 10.3 Å². The fourth-order valence-corrected chi connectivity index (χ4v) is 4.45. The first-order valence-corrected chi connectivity index (χ1v) is 11.4. The highest BCUT2D eigenvalue weighted by molar-refractivity contribution is 5.96. The normalized spacial score (nSPS) is 18.5. The molecule has 0 bridgehead atoms. The Morgan fingerprint density at radius 2 is 2.03 bits per heavy atom. The van der Waals surface area contributed by atoms with Crippen LogP contribution in [0.25, 0.3) is 11.3 Å².